The summed E-state index contributed by atoms with van der Waals surface area (Å²) in [6.07, 6.45) is 6.51. The molecule has 1 aliphatic heterocycles. The van der Waals surface area contributed by atoms with E-state index in [0.29, 0.717) is 0 Å². The summed E-state index contributed by atoms with van der Waals surface area (Å²) < 4.78 is 5.45. The van der Waals surface area contributed by atoms with Crippen LogP contribution < -0.4 is 4.74 Å². The zero-order valence-corrected chi connectivity index (χ0v) is 8.63. The summed E-state index contributed by atoms with van der Waals surface area (Å²) in [5.41, 5.74) is 2.30. The molecule has 0 spiro atoms. The van der Waals surface area contributed by atoms with Crippen molar-refractivity contribution < 1.29 is 4.74 Å². The Morgan fingerprint density at radius 1 is 1.43 bits per heavy atom. The largest absolute Gasteiger partial charge is 0.493 e. The van der Waals surface area contributed by atoms with Crippen LogP contribution in [0.25, 0.3) is 0 Å². The highest BCUT2D eigenvalue weighted by Crippen LogP contribution is 2.30. The third-order valence-electron chi connectivity index (χ3n) is 2.77. The van der Waals surface area contributed by atoms with Gasteiger partial charge in [-0.05, 0) is 31.0 Å². The first-order chi connectivity index (χ1) is 6.63. The molecule has 1 aromatic rings. The van der Waals surface area contributed by atoms with Gasteiger partial charge in [-0.25, -0.2) is 0 Å². The van der Waals surface area contributed by atoms with Crippen LogP contribution in [0.2, 0.25) is 0 Å². The van der Waals surface area contributed by atoms with Gasteiger partial charge in [-0.15, -0.1) is 6.42 Å². The highest BCUT2D eigenvalue weighted by Gasteiger charge is 2.20. The number of benzene rings is 1. The molecule has 1 aromatic carbocycles. The lowest BCUT2D eigenvalue weighted by Gasteiger charge is -2.18. The normalized spacial score (nSPS) is 14.4. The topological polar surface area (TPSA) is 9.23 Å². The predicted molar refractivity (Wildman–Crippen MR) is 57.5 cm³/mol. The van der Waals surface area contributed by atoms with Gasteiger partial charge in [0, 0.05) is 6.42 Å². The van der Waals surface area contributed by atoms with Crippen molar-refractivity contribution >= 4 is 0 Å². The molecule has 1 heteroatoms. The minimum Gasteiger partial charge on any atom is -0.493 e. The molecule has 0 radical (unpaired) electrons. The zero-order chi connectivity index (χ0) is 10.2. The van der Waals surface area contributed by atoms with Crippen LogP contribution in [-0.2, 0) is 11.8 Å². The summed E-state index contributed by atoms with van der Waals surface area (Å²) in [6, 6.07) is 6.25. The van der Waals surface area contributed by atoms with Crippen LogP contribution in [0, 0.1) is 12.3 Å². The van der Waals surface area contributed by atoms with Crippen molar-refractivity contribution in [1.82, 2.24) is 0 Å². The van der Waals surface area contributed by atoms with E-state index in [1.54, 1.807) is 0 Å². The lowest BCUT2D eigenvalue weighted by Crippen LogP contribution is -2.13. The maximum Gasteiger partial charge on any atom is 0.122 e. The molecule has 2 rings (SSSR count). The van der Waals surface area contributed by atoms with Crippen LogP contribution in [0.3, 0.4) is 0 Å². The van der Waals surface area contributed by atoms with Crippen LogP contribution in [0.15, 0.2) is 18.2 Å². The Kier molecular flexibility index (Phi) is 2.00. The lowest BCUT2D eigenvalue weighted by molar-refractivity contribution is 0.357. The monoisotopic (exact) mass is 186 g/mol. The van der Waals surface area contributed by atoms with E-state index in [1.807, 2.05) is 6.07 Å². The Bertz CT molecular complexity index is 396. The van der Waals surface area contributed by atoms with E-state index >= 15 is 0 Å². The number of hydrogen-bond acceptors (Lipinski definition) is 1. The molecule has 1 heterocycles. The molecule has 0 unspecified atom stereocenters. The molecular formula is C13H14O. The van der Waals surface area contributed by atoms with E-state index in [2.05, 4.69) is 31.9 Å². The summed E-state index contributed by atoms with van der Waals surface area (Å²) in [5.74, 6) is 3.82. The molecular weight excluding hydrogens is 172 g/mol. The molecule has 1 aliphatic rings. The number of fused-ring (bicyclic) bond motifs is 1. The standard InChI is InChI=1S/C13H14O/c1-4-13(2,3)11-5-6-12-10(9-11)7-8-14-12/h1,5-6,9H,7-8H2,2-3H3. The van der Waals surface area contributed by atoms with Crippen molar-refractivity contribution in [2.24, 2.45) is 0 Å². The van der Waals surface area contributed by atoms with Gasteiger partial charge in [0.25, 0.3) is 0 Å². The maximum absolute atomic E-state index is 5.50. The van der Waals surface area contributed by atoms with E-state index in [0.717, 1.165) is 18.8 Å². The zero-order valence-electron chi connectivity index (χ0n) is 8.63. The molecule has 0 saturated carbocycles. The molecule has 72 valence electrons. The van der Waals surface area contributed by atoms with E-state index in [-0.39, 0.29) is 5.41 Å². The molecule has 0 bridgehead atoms. The van der Waals surface area contributed by atoms with Crippen molar-refractivity contribution in [2.75, 3.05) is 6.61 Å². The van der Waals surface area contributed by atoms with Crippen LogP contribution in [0.5, 0.6) is 5.75 Å². The number of rotatable bonds is 1. The average Bonchev–Trinajstić information content (AvgIpc) is 2.64. The molecule has 0 N–H and O–H groups in total. The maximum atomic E-state index is 5.50. The first kappa shape index (κ1) is 9.15. The molecule has 14 heavy (non-hydrogen) atoms. The summed E-state index contributed by atoms with van der Waals surface area (Å²) in [5, 5.41) is 0. The SMILES string of the molecule is C#CC(C)(C)c1ccc2c(c1)CCO2. The van der Waals surface area contributed by atoms with Crippen LogP contribution in [0.1, 0.15) is 25.0 Å². The lowest BCUT2D eigenvalue weighted by atomic mass is 9.84. The molecule has 0 amide bonds. The fourth-order valence-corrected chi connectivity index (χ4v) is 1.66. The van der Waals surface area contributed by atoms with E-state index in [1.165, 1.54) is 11.1 Å². The first-order valence-electron chi connectivity index (χ1n) is 4.87. The summed E-state index contributed by atoms with van der Waals surface area (Å²) in [7, 11) is 0. The van der Waals surface area contributed by atoms with Crippen molar-refractivity contribution in [3.8, 4) is 18.1 Å². The molecule has 0 fully saturated rings. The van der Waals surface area contributed by atoms with Crippen molar-refractivity contribution in [3.05, 3.63) is 29.3 Å². The van der Waals surface area contributed by atoms with Crippen molar-refractivity contribution in [2.45, 2.75) is 25.7 Å². The molecule has 0 saturated heterocycles. The fraction of sp³-hybridized carbons (Fsp3) is 0.385. The Balaban J connectivity index is 2.44. The Hall–Kier alpha value is -1.42. The third kappa shape index (κ3) is 1.37. The first-order valence-corrected chi connectivity index (χ1v) is 4.87. The van der Waals surface area contributed by atoms with E-state index in [9.17, 15) is 0 Å². The average molecular weight is 186 g/mol. The number of ether oxygens (including phenoxy) is 1. The van der Waals surface area contributed by atoms with Crippen LogP contribution in [-0.4, -0.2) is 6.61 Å². The van der Waals surface area contributed by atoms with Crippen LogP contribution >= 0.6 is 0 Å². The Morgan fingerprint density at radius 3 is 2.93 bits per heavy atom. The number of hydrogen-bond donors (Lipinski definition) is 0. The highest BCUT2D eigenvalue weighted by molar-refractivity contribution is 5.44. The van der Waals surface area contributed by atoms with Gasteiger partial charge >= 0.3 is 0 Å². The Labute approximate surface area is 85.1 Å². The van der Waals surface area contributed by atoms with Gasteiger partial charge in [0.2, 0.25) is 0 Å². The Morgan fingerprint density at radius 2 is 2.21 bits per heavy atom. The fourth-order valence-electron chi connectivity index (χ4n) is 1.66. The van der Waals surface area contributed by atoms with Gasteiger partial charge in [-0.3, -0.25) is 0 Å². The van der Waals surface area contributed by atoms with Gasteiger partial charge in [-0.1, -0.05) is 18.1 Å². The van der Waals surface area contributed by atoms with Crippen molar-refractivity contribution in [1.29, 1.82) is 0 Å². The van der Waals surface area contributed by atoms with Gasteiger partial charge in [0.15, 0.2) is 0 Å². The second kappa shape index (κ2) is 3.06. The van der Waals surface area contributed by atoms with E-state index in [4.69, 9.17) is 11.2 Å². The van der Waals surface area contributed by atoms with Gasteiger partial charge in [0.1, 0.15) is 5.75 Å². The second-order valence-corrected chi connectivity index (χ2v) is 4.19. The van der Waals surface area contributed by atoms with Crippen LogP contribution in [0.4, 0.5) is 0 Å². The quantitative estimate of drug-likeness (QED) is 0.612. The highest BCUT2D eigenvalue weighted by atomic mass is 16.5. The van der Waals surface area contributed by atoms with Gasteiger partial charge < -0.3 is 4.74 Å². The molecule has 0 aromatic heterocycles. The summed E-state index contributed by atoms with van der Waals surface area (Å²) in [4.78, 5) is 0. The second-order valence-electron chi connectivity index (χ2n) is 4.19. The third-order valence-corrected chi connectivity index (χ3v) is 2.77. The number of terminal acetylenes is 1. The minimum atomic E-state index is -0.183. The molecule has 1 nitrogen and oxygen atoms in total. The van der Waals surface area contributed by atoms with E-state index < -0.39 is 0 Å². The molecule has 0 atom stereocenters. The predicted octanol–water partition coefficient (Wildman–Crippen LogP) is 2.53. The molecule has 0 aliphatic carbocycles. The minimum absolute atomic E-state index is 0.183. The summed E-state index contributed by atoms with van der Waals surface area (Å²) in [6.45, 7) is 4.92. The van der Waals surface area contributed by atoms with Gasteiger partial charge in [-0.2, -0.15) is 0 Å². The summed E-state index contributed by atoms with van der Waals surface area (Å²) >= 11 is 0. The smallest absolute Gasteiger partial charge is 0.122 e. The van der Waals surface area contributed by atoms with Gasteiger partial charge in [0.05, 0.1) is 12.0 Å². The van der Waals surface area contributed by atoms with Crippen molar-refractivity contribution in [3.63, 3.8) is 0 Å².